The van der Waals surface area contributed by atoms with Crippen LogP contribution in [0.1, 0.15) is 53.1 Å². The Morgan fingerprint density at radius 1 is 1.03 bits per heavy atom. The molecule has 0 unspecified atom stereocenters. The SMILES string of the molecule is CC(=O)O[C@H](C)C[C@@H](C)OC1=C[C@H]2n3c(=O)n(-c4ccccc4)c(=O)n3[C@@H](C=C1)C2(C)C. The van der Waals surface area contributed by atoms with Gasteiger partial charge in [-0.2, -0.15) is 0 Å². The van der Waals surface area contributed by atoms with Crippen LogP contribution < -0.4 is 11.4 Å². The number of fused-ring (bicyclic) bond motifs is 5. The highest BCUT2D eigenvalue weighted by Crippen LogP contribution is 2.49. The number of rotatable bonds is 6. The molecule has 0 spiro atoms. The molecule has 4 rings (SSSR count). The first-order chi connectivity index (χ1) is 15.1. The molecule has 32 heavy (non-hydrogen) atoms. The molecule has 2 bridgehead atoms. The van der Waals surface area contributed by atoms with Gasteiger partial charge >= 0.3 is 17.3 Å². The summed E-state index contributed by atoms with van der Waals surface area (Å²) in [6.45, 7) is 9.22. The van der Waals surface area contributed by atoms with Crippen LogP contribution in [-0.4, -0.2) is 32.1 Å². The summed E-state index contributed by atoms with van der Waals surface area (Å²) < 4.78 is 15.6. The van der Waals surface area contributed by atoms with Crippen LogP contribution in [0.4, 0.5) is 0 Å². The number of hydrogen-bond acceptors (Lipinski definition) is 5. The van der Waals surface area contributed by atoms with E-state index in [9.17, 15) is 14.4 Å². The number of carbonyl (C=O) groups is 1. The van der Waals surface area contributed by atoms with Crippen LogP contribution in [0.5, 0.6) is 0 Å². The maximum atomic E-state index is 13.4. The minimum Gasteiger partial charge on any atom is -0.491 e. The first-order valence-corrected chi connectivity index (χ1v) is 10.9. The summed E-state index contributed by atoms with van der Waals surface area (Å²) in [6.07, 6.45) is 5.76. The van der Waals surface area contributed by atoms with E-state index in [-0.39, 0.29) is 41.6 Å². The van der Waals surface area contributed by atoms with Crippen molar-refractivity contribution in [3.63, 3.8) is 0 Å². The van der Waals surface area contributed by atoms with Gasteiger partial charge in [-0.05, 0) is 38.1 Å². The van der Waals surface area contributed by atoms with Crippen molar-refractivity contribution in [2.75, 3.05) is 0 Å². The lowest BCUT2D eigenvalue weighted by molar-refractivity contribution is -0.146. The second-order valence-corrected chi connectivity index (χ2v) is 9.15. The molecule has 2 aromatic rings. The Kier molecular flexibility index (Phi) is 5.48. The van der Waals surface area contributed by atoms with Gasteiger partial charge in [-0.1, -0.05) is 38.1 Å². The molecular formula is C24H29N3O5. The van der Waals surface area contributed by atoms with Crippen molar-refractivity contribution in [3.8, 4) is 5.69 Å². The van der Waals surface area contributed by atoms with Gasteiger partial charge in [0.1, 0.15) is 11.9 Å². The minimum atomic E-state index is -0.399. The molecule has 0 saturated carbocycles. The van der Waals surface area contributed by atoms with Crippen LogP contribution in [0.25, 0.3) is 5.69 Å². The Hall–Kier alpha value is -3.29. The Morgan fingerprint density at radius 3 is 2.28 bits per heavy atom. The maximum Gasteiger partial charge on any atom is 0.352 e. The summed E-state index contributed by atoms with van der Waals surface area (Å²) in [4.78, 5) is 37.8. The van der Waals surface area contributed by atoms with Gasteiger partial charge in [0.05, 0.1) is 23.9 Å². The van der Waals surface area contributed by atoms with Crippen LogP contribution >= 0.6 is 0 Å². The summed E-state index contributed by atoms with van der Waals surface area (Å²) in [7, 11) is 0. The van der Waals surface area contributed by atoms with Crippen molar-refractivity contribution in [3.05, 3.63) is 75.3 Å². The van der Waals surface area contributed by atoms with E-state index in [0.717, 1.165) is 0 Å². The Morgan fingerprint density at radius 2 is 1.66 bits per heavy atom. The molecule has 1 aromatic carbocycles. The van der Waals surface area contributed by atoms with Gasteiger partial charge in [0.15, 0.2) is 0 Å². The minimum absolute atomic E-state index is 0.201. The normalized spacial score (nSPS) is 22.5. The predicted octanol–water partition coefficient (Wildman–Crippen LogP) is 3.12. The highest BCUT2D eigenvalue weighted by Gasteiger charge is 2.49. The smallest absolute Gasteiger partial charge is 0.352 e. The second kappa shape index (κ2) is 8.00. The van der Waals surface area contributed by atoms with E-state index in [0.29, 0.717) is 17.9 Å². The number of benzene rings is 1. The lowest BCUT2D eigenvalue weighted by Gasteiger charge is -2.27. The molecule has 0 fully saturated rings. The third-order valence-corrected chi connectivity index (χ3v) is 6.21. The number of hydrogen-bond donors (Lipinski definition) is 0. The van der Waals surface area contributed by atoms with E-state index >= 15 is 0 Å². The summed E-state index contributed by atoms with van der Waals surface area (Å²) in [6, 6.07) is 8.29. The van der Waals surface area contributed by atoms with Crippen molar-refractivity contribution in [2.24, 2.45) is 5.41 Å². The molecule has 1 aliphatic heterocycles. The van der Waals surface area contributed by atoms with Crippen LogP contribution in [-0.2, 0) is 14.3 Å². The quantitative estimate of drug-likeness (QED) is 0.646. The average molecular weight is 440 g/mol. The predicted molar refractivity (Wildman–Crippen MR) is 120 cm³/mol. The zero-order valence-electron chi connectivity index (χ0n) is 19.0. The van der Waals surface area contributed by atoms with Crippen molar-refractivity contribution in [2.45, 2.75) is 65.3 Å². The molecule has 1 aliphatic carbocycles. The zero-order valence-corrected chi connectivity index (χ0v) is 19.0. The number of ether oxygens (including phenoxy) is 2. The molecule has 0 amide bonds. The summed E-state index contributed by atoms with van der Waals surface area (Å²) in [5, 5.41) is 0. The van der Waals surface area contributed by atoms with Crippen LogP contribution in [0.3, 0.4) is 0 Å². The molecule has 0 radical (unpaired) electrons. The molecule has 2 heterocycles. The monoisotopic (exact) mass is 439 g/mol. The van der Waals surface area contributed by atoms with Gasteiger partial charge in [0.2, 0.25) is 0 Å². The molecule has 170 valence electrons. The lowest BCUT2D eigenvalue weighted by Crippen LogP contribution is -2.34. The number of para-hydroxylation sites is 1. The van der Waals surface area contributed by atoms with Crippen molar-refractivity contribution < 1.29 is 14.3 Å². The highest BCUT2D eigenvalue weighted by atomic mass is 16.5. The fraction of sp³-hybridized carbons (Fsp3) is 0.458. The van der Waals surface area contributed by atoms with Crippen LogP contribution in [0.2, 0.25) is 0 Å². The molecule has 8 nitrogen and oxygen atoms in total. The Balaban J connectivity index is 1.69. The maximum absolute atomic E-state index is 13.4. The van der Waals surface area contributed by atoms with Gasteiger partial charge < -0.3 is 9.47 Å². The fourth-order valence-electron chi connectivity index (χ4n) is 4.75. The molecule has 0 N–H and O–H groups in total. The molecular weight excluding hydrogens is 410 g/mol. The van der Waals surface area contributed by atoms with Gasteiger partial charge in [-0.3, -0.25) is 4.79 Å². The first kappa shape index (κ1) is 21.9. The molecule has 4 atom stereocenters. The summed E-state index contributed by atoms with van der Waals surface area (Å²) in [5.74, 6) is 0.309. The van der Waals surface area contributed by atoms with Gasteiger partial charge in [-0.15, -0.1) is 0 Å². The van der Waals surface area contributed by atoms with Crippen LogP contribution in [0, 0.1) is 5.41 Å². The van der Waals surface area contributed by atoms with E-state index in [4.69, 9.17) is 9.47 Å². The average Bonchev–Trinajstić information content (AvgIpc) is 3.00. The largest absolute Gasteiger partial charge is 0.491 e. The second-order valence-electron chi connectivity index (χ2n) is 9.15. The number of allylic oxidation sites excluding steroid dienone is 3. The standard InChI is InChI=1S/C24H29N3O5/c1-15(31-17(3)28)13-16(2)32-19-11-12-20-24(4,5)21(14-19)27-23(30)25(22(29)26(20)27)18-9-7-6-8-10-18/h6-12,14-16,20-21H,13H2,1-5H3/t15-,16-,20+,21-/m1/s1. The first-order valence-electron chi connectivity index (χ1n) is 10.9. The highest BCUT2D eigenvalue weighted by molar-refractivity contribution is 5.66. The third-order valence-electron chi connectivity index (χ3n) is 6.21. The number of aromatic nitrogens is 3. The summed E-state index contributed by atoms with van der Waals surface area (Å²) in [5.41, 5.74) is -0.579. The van der Waals surface area contributed by atoms with Crippen molar-refractivity contribution >= 4 is 5.97 Å². The van der Waals surface area contributed by atoms with E-state index in [1.54, 1.807) is 33.6 Å². The van der Waals surface area contributed by atoms with Gasteiger partial charge in [-0.25, -0.2) is 23.5 Å². The molecule has 1 aromatic heterocycles. The topological polar surface area (TPSA) is 84.5 Å². The molecule has 2 aliphatic rings. The van der Waals surface area contributed by atoms with E-state index < -0.39 is 5.41 Å². The van der Waals surface area contributed by atoms with E-state index in [2.05, 4.69) is 0 Å². The fourth-order valence-corrected chi connectivity index (χ4v) is 4.75. The zero-order chi connectivity index (χ0) is 23.2. The summed E-state index contributed by atoms with van der Waals surface area (Å²) >= 11 is 0. The van der Waals surface area contributed by atoms with Gasteiger partial charge in [0.25, 0.3) is 0 Å². The van der Waals surface area contributed by atoms with Crippen molar-refractivity contribution in [1.29, 1.82) is 0 Å². The third kappa shape index (κ3) is 3.63. The number of esters is 1. The van der Waals surface area contributed by atoms with E-state index in [1.807, 2.05) is 52.0 Å². The number of nitrogens with zero attached hydrogens (tertiary/aromatic N) is 3. The van der Waals surface area contributed by atoms with Crippen LogP contribution in [0.15, 0.2) is 63.9 Å². The molecule has 0 saturated heterocycles. The Labute approximate surface area is 186 Å². The number of carbonyl (C=O) groups excluding carboxylic acids is 1. The van der Waals surface area contributed by atoms with Crippen molar-refractivity contribution in [1.82, 2.24) is 13.9 Å². The Bertz CT molecular complexity index is 1200. The van der Waals surface area contributed by atoms with E-state index in [1.165, 1.54) is 11.5 Å². The lowest BCUT2D eigenvalue weighted by atomic mass is 9.79. The molecule has 8 heteroatoms. The van der Waals surface area contributed by atoms with Gasteiger partial charge in [0, 0.05) is 18.8 Å².